The fourth-order valence-electron chi connectivity index (χ4n) is 3.07. The van der Waals surface area contributed by atoms with Crippen molar-refractivity contribution in [3.05, 3.63) is 29.8 Å². The minimum Gasteiger partial charge on any atom is -0.490 e. The molecule has 0 bridgehead atoms. The highest BCUT2D eigenvalue weighted by Crippen LogP contribution is 2.47. The molecule has 1 heterocycles. The molecule has 112 valence electrons. The fraction of sp³-hybridized carbons (Fsp3) is 0.571. The van der Waals surface area contributed by atoms with Gasteiger partial charge in [0.1, 0.15) is 5.75 Å². The third kappa shape index (κ3) is 3.04. The van der Waals surface area contributed by atoms with Crippen LogP contribution in [-0.4, -0.2) is 19.2 Å². The first-order valence-electron chi connectivity index (χ1n) is 6.52. The van der Waals surface area contributed by atoms with E-state index in [2.05, 4.69) is 5.32 Å². The molecule has 1 N–H and O–H groups in total. The van der Waals surface area contributed by atoms with E-state index in [1.165, 1.54) is 6.07 Å². The second kappa shape index (κ2) is 5.45. The van der Waals surface area contributed by atoms with Crippen molar-refractivity contribution in [3.8, 4) is 5.75 Å². The summed E-state index contributed by atoms with van der Waals surface area (Å²) < 4.78 is 43.4. The summed E-state index contributed by atoms with van der Waals surface area (Å²) in [6.07, 6.45) is -1.22. The summed E-state index contributed by atoms with van der Waals surface area (Å²) in [6.45, 7) is 2.05. The lowest BCUT2D eigenvalue weighted by Crippen LogP contribution is -2.45. The minimum atomic E-state index is -4.31. The number of alkyl halides is 3. The van der Waals surface area contributed by atoms with Gasteiger partial charge in [0.2, 0.25) is 0 Å². The lowest BCUT2D eigenvalue weighted by Gasteiger charge is -2.44. The zero-order valence-corrected chi connectivity index (χ0v) is 11.7. The van der Waals surface area contributed by atoms with Crippen LogP contribution in [-0.2, 0) is 6.18 Å². The Morgan fingerprint density at radius 3 is 2.60 bits per heavy atom. The van der Waals surface area contributed by atoms with E-state index in [1.54, 1.807) is 6.07 Å². The molecule has 1 aromatic rings. The molecule has 3 rings (SSSR count). The van der Waals surface area contributed by atoms with Gasteiger partial charge in [0.25, 0.3) is 0 Å². The molecule has 1 saturated carbocycles. The second-order valence-corrected chi connectivity index (χ2v) is 5.60. The topological polar surface area (TPSA) is 21.3 Å². The minimum absolute atomic E-state index is 0. The summed E-state index contributed by atoms with van der Waals surface area (Å²) in [7, 11) is 0. The third-order valence-electron chi connectivity index (χ3n) is 4.12. The van der Waals surface area contributed by atoms with E-state index >= 15 is 0 Å². The first-order valence-corrected chi connectivity index (χ1v) is 6.52. The number of hydrogen-bond donors (Lipinski definition) is 1. The highest BCUT2D eigenvalue weighted by Gasteiger charge is 2.47. The Kier molecular flexibility index (Phi) is 4.21. The van der Waals surface area contributed by atoms with E-state index in [-0.39, 0.29) is 18.5 Å². The zero-order valence-electron chi connectivity index (χ0n) is 10.9. The van der Waals surface area contributed by atoms with Crippen molar-refractivity contribution in [1.29, 1.82) is 0 Å². The van der Waals surface area contributed by atoms with Crippen LogP contribution >= 0.6 is 12.4 Å². The van der Waals surface area contributed by atoms with E-state index in [9.17, 15) is 13.2 Å². The maximum Gasteiger partial charge on any atom is 0.416 e. The van der Waals surface area contributed by atoms with Gasteiger partial charge in [-0.2, -0.15) is 13.2 Å². The van der Waals surface area contributed by atoms with Gasteiger partial charge in [-0.15, -0.1) is 12.4 Å². The fourth-order valence-corrected chi connectivity index (χ4v) is 3.07. The van der Waals surface area contributed by atoms with Crippen LogP contribution in [0.4, 0.5) is 13.2 Å². The Labute approximate surface area is 122 Å². The van der Waals surface area contributed by atoms with Gasteiger partial charge in [-0.05, 0) is 49.4 Å². The van der Waals surface area contributed by atoms with Crippen LogP contribution in [0.1, 0.15) is 24.8 Å². The molecule has 0 amide bonds. The van der Waals surface area contributed by atoms with Crippen LogP contribution in [0, 0.1) is 5.41 Å². The monoisotopic (exact) mass is 307 g/mol. The van der Waals surface area contributed by atoms with E-state index in [1.807, 2.05) is 0 Å². The Morgan fingerprint density at radius 2 is 2.00 bits per heavy atom. The number of rotatable bonds is 2. The molecule has 1 aromatic carbocycles. The smallest absolute Gasteiger partial charge is 0.416 e. The van der Waals surface area contributed by atoms with Crippen molar-refractivity contribution in [2.45, 2.75) is 31.5 Å². The Balaban J connectivity index is 0.00000147. The van der Waals surface area contributed by atoms with Gasteiger partial charge in [-0.3, -0.25) is 0 Å². The maximum atomic E-state index is 12.6. The number of halogens is 4. The normalized spacial score (nSPS) is 28.9. The summed E-state index contributed by atoms with van der Waals surface area (Å²) in [6, 6.07) is 5.13. The van der Waals surface area contributed by atoms with Crippen molar-refractivity contribution < 1.29 is 17.9 Å². The van der Waals surface area contributed by atoms with E-state index in [4.69, 9.17) is 4.74 Å². The standard InChI is InChI=1S/C14H16F3NO.ClH/c15-14(16,17)10-2-1-3-11(6-10)19-12-7-13(8-12)4-5-18-9-13;/h1-3,6,12,18H,4-5,7-9H2;1H. The molecule has 0 radical (unpaired) electrons. The first-order chi connectivity index (χ1) is 8.97. The lowest BCUT2D eigenvalue weighted by atomic mass is 9.66. The average Bonchev–Trinajstić information content (AvgIpc) is 2.77. The predicted octanol–water partition coefficient (Wildman–Crippen LogP) is 3.65. The van der Waals surface area contributed by atoms with Crippen LogP contribution in [0.2, 0.25) is 0 Å². The van der Waals surface area contributed by atoms with Gasteiger partial charge in [0.15, 0.2) is 0 Å². The van der Waals surface area contributed by atoms with Crippen LogP contribution in [0.15, 0.2) is 24.3 Å². The highest BCUT2D eigenvalue weighted by molar-refractivity contribution is 5.85. The molecule has 1 spiro atoms. The molecular formula is C14H17ClF3NO. The summed E-state index contributed by atoms with van der Waals surface area (Å²) in [4.78, 5) is 0. The van der Waals surface area contributed by atoms with Crippen LogP contribution < -0.4 is 10.1 Å². The summed E-state index contributed by atoms with van der Waals surface area (Å²) in [5.74, 6) is 0.320. The Bertz CT molecular complexity index is 464. The molecule has 0 unspecified atom stereocenters. The Hall–Kier alpha value is -0.940. The Morgan fingerprint density at radius 1 is 1.25 bits per heavy atom. The van der Waals surface area contributed by atoms with Crippen LogP contribution in [0.25, 0.3) is 0 Å². The van der Waals surface area contributed by atoms with Crippen molar-refractivity contribution in [2.75, 3.05) is 13.1 Å². The van der Waals surface area contributed by atoms with Crippen molar-refractivity contribution in [3.63, 3.8) is 0 Å². The SMILES string of the molecule is Cl.FC(F)(F)c1cccc(OC2CC3(CCNC3)C2)c1. The molecule has 2 nitrogen and oxygen atoms in total. The average molecular weight is 308 g/mol. The number of benzene rings is 1. The highest BCUT2D eigenvalue weighted by atomic mass is 35.5. The quantitative estimate of drug-likeness (QED) is 0.900. The van der Waals surface area contributed by atoms with E-state index < -0.39 is 11.7 Å². The van der Waals surface area contributed by atoms with Crippen molar-refractivity contribution in [1.82, 2.24) is 5.32 Å². The summed E-state index contributed by atoms with van der Waals surface area (Å²) in [5, 5.41) is 3.32. The van der Waals surface area contributed by atoms with Crippen molar-refractivity contribution >= 4 is 12.4 Å². The third-order valence-corrected chi connectivity index (χ3v) is 4.12. The molecule has 0 atom stereocenters. The molecule has 1 aliphatic heterocycles. The molecule has 6 heteroatoms. The van der Waals surface area contributed by atoms with E-state index in [0.717, 1.165) is 44.5 Å². The van der Waals surface area contributed by atoms with Gasteiger partial charge in [-0.1, -0.05) is 6.07 Å². The number of ether oxygens (including phenoxy) is 1. The number of hydrogen-bond acceptors (Lipinski definition) is 2. The van der Waals surface area contributed by atoms with Gasteiger partial charge >= 0.3 is 6.18 Å². The maximum absolute atomic E-state index is 12.6. The first kappa shape index (κ1) is 15.4. The predicted molar refractivity (Wildman–Crippen MR) is 72.3 cm³/mol. The second-order valence-electron chi connectivity index (χ2n) is 5.60. The van der Waals surface area contributed by atoms with E-state index in [0.29, 0.717) is 11.2 Å². The van der Waals surface area contributed by atoms with Gasteiger partial charge < -0.3 is 10.1 Å². The number of nitrogens with one attached hydrogen (secondary N) is 1. The van der Waals surface area contributed by atoms with Crippen LogP contribution in [0.5, 0.6) is 5.75 Å². The largest absolute Gasteiger partial charge is 0.490 e. The molecular weight excluding hydrogens is 291 g/mol. The van der Waals surface area contributed by atoms with Crippen LogP contribution in [0.3, 0.4) is 0 Å². The summed E-state index contributed by atoms with van der Waals surface area (Å²) >= 11 is 0. The molecule has 2 aliphatic rings. The van der Waals surface area contributed by atoms with Crippen molar-refractivity contribution in [2.24, 2.45) is 5.41 Å². The molecule has 1 aliphatic carbocycles. The van der Waals surface area contributed by atoms with Gasteiger partial charge in [0.05, 0.1) is 11.7 Å². The van der Waals surface area contributed by atoms with Gasteiger partial charge in [-0.25, -0.2) is 0 Å². The molecule has 1 saturated heterocycles. The molecule has 2 fully saturated rings. The molecule has 20 heavy (non-hydrogen) atoms. The summed E-state index contributed by atoms with van der Waals surface area (Å²) in [5.41, 5.74) is -0.312. The molecule has 0 aromatic heterocycles. The lowest BCUT2D eigenvalue weighted by molar-refractivity contribution is -0.137. The zero-order chi connectivity index (χ0) is 13.5. The van der Waals surface area contributed by atoms with Gasteiger partial charge in [0, 0.05) is 6.54 Å².